The maximum Gasteiger partial charge on any atom is 0.293 e. The van der Waals surface area contributed by atoms with Crippen LogP contribution >= 0.6 is 11.3 Å². The molecule has 0 spiro atoms. The summed E-state index contributed by atoms with van der Waals surface area (Å²) >= 11 is 1.24. The summed E-state index contributed by atoms with van der Waals surface area (Å²) in [4.78, 5) is 16.5. The number of thiazole rings is 1. The molecule has 0 unspecified atom stereocenters. The number of fused-ring (bicyclic) bond motifs is 1. The topological polar surface area (TPSA) is 101 Å². The van der Waals surface area contributed by atoms with Crippen molar-refractivity contribution in [1.82, 2.24) is 4.98 Å². The Labute approximate surface area is 158 Å². The number of nitrogens with zero attached hydrogens (tertiary/aromatic N) is 1. The average molecular weight is 399 g/mol. The zero-order valence-electron chi connectivity index (χ0n) is 13.7. The van der Waals surface area contributed by atoms with Crippen LogP contribution in [-0.4, -0.2) is 19.3 Å². The molecule has 7 nitrogen and oxygen atoms in total. The summed E-state index contributed by atoms with van der Waals surface area (Å²) in [6.45, 7) is 0. The number of carbonyl (C=O) groups excluding carboxylic acids is 1. The molecule has 0 fully saturated rings. The van der Waals surface area contributed by atoms with Gasteiger partial charge in [0.15, 0.2) is 10.9 Å². The fourth-order valence-electron chi connectivity index (χ4n) is 2.42. The molecule has 0 aliphatic rings. The minimum Gasteiger partial charge on any atom is -0.459 e. The van der Waals surface area contributed by atoms with Crippen LogP contribution in [0.15, 0.2) is 76.2 Å². The zero-order valence-corrected chi connectivity index (χ0v) is 15.4. The Morgan fingerprint density at radius 3 is 2.59 bits per heavy atom. The number of aromatic nitrogens is 1. The molecule has 27 heavy (non-hydrogen) atoms. The Bertz CT molecular complexity index is 1200. The maximum atomic E-state index is 12.4. The van der Waals surface area contributed by atoms with Crippen molar-refractivity contribution >= 4 is 48.3 Å². The number of amides is 1. The number of nitrogens with one attached hydrogen (secondary N) is 2. The first-order chi connectivity index (χ1) is 13.0. The maximum absolute atomic E-state index is 12.4. The highest BCUT2D eigenvalue weighted by Crippen LogP contribution is 2.29. The normalized spacial score (nSPS) is 11.4. The Balaban J connectivity index is 1.57. The smallest absolute Gasteiger partial charge is 0.293 e. The number of anilines is 2. The third-order valence-electron chi connectivity index (χ3n) is 3.66. The van der Waals surface area contributed by atoms with E-state index < -0.39 is 15.9 Å². The summed E-state index contributed by atoms with van der Waals surface area (Å²) in [6.07, 6.45) is 1.42. The van der Waals surface area contributed by atoms with Gasteiger partial charge in [-0.2, -0.15) is 0 Å². The molecular weight excluding hydrogens is 386 g/mol. The second kappa shape index (κ2) is 6.86. The summed E-state index contributed by atoms with van der Waals surface area (Å²) in [5.41, 5.74) is 1.07. The molecule has 0 radical (unpaired) electrons. The Morgan fingerprint density at radius 1 is 1.04 bits per heavy atom. The summed E-state index contributed by atoms with van der Waals surface area (Å²) in [5, 5.41) is 3.06. The second-order valence-electron chi connectivity index (χ2n) is 5.55. The number of hydrogen-bond acceptors (Lipinski definition) is 6. The molecule has 0 saturated heterocycles. The molecule has 2 heterocycles. The molecule has 0 saturated carbocycles. The number of furan rings is 1. The fourth-order valence-corrected chi connectivity index (χ4v) is 4.39. The molecule has 2 aromatic heterocycles. The summed E-state index contributed by atoms with van der Waals surface area (Å²) in [5.74, 6) is -0.213. The van der Waals surface area contributed by atoms with Gasteiger partial charge in [-0.25, -0.2) is 13.4 Å². The standard InChI is InChI=1S/C18H13N3O4S2/c22-17(15-7-4-10-25-15)20-18-19-14-9-8-12(11-16(14)26-18)21-27(23,24)13-5-2-1-3-6-13/h1-11,21H,(H,19,20,22). The van der Waals surface area contributed by atoms with E-state index in [1.54, 1.807) is 48.5 Å². The van der Waals surface area contributed by atoms with Crippen LogP contribution in [0.2, 0.25) is 0 Å². The van der Waals surface area contributed by atoms with Crippen molar-refractivity contribution in [3.8, 4) is 0 Å². The Morgan fingerprint density at radius 2 is 1.85 bits per heavy atom. The number of sulfonamides is 1. The van der Waals surface area contributed by atoms with E-state index in [2.05, 4.69) is 15.0 Å². The first-order valence-electron chi connectivity index (χ1n) is 7.85. The van der Waals surface area contributed by atoms with Gasteiger partial charge in [0.05, 0.1) is 27.1 Å². The van der Waals surface area contributed by atoms with Crippen molar-refractivity contribution < 1.29 is 17.6 Å². The minimum atomic E-state index is -3.67. The van der Waals surface area contributed by atoms with Crippen LogP contribution in [0.4, 0.5) is 10.8 Å². The van der Waals surface area contributed by atoms with Crippen LogP contribution in [0.5, 0.6) is 0 Å². The minimum absolute atomic E-state index is 0.181. The molecule has 136 valence electrons. The van der Waals surface area contributed by atoms with Gasteiger partial charge in [0, 0.05) is 0 Å². The van der Waals surface area contributed by atoms with Crippen molar-refractivity contribution in [3.05, 3.63) is 72.7 Å². The van der Waals surface area contributed by atoms with E-state index in [0.29, 0.717) is 16.3 Å². The van der Waals surface area contributed by atoms with Crippen molar-refractivity contribution in [1.29, 1.82) is 0 Å². The van der Waals surface area contributed by atoms with Crippen LogP contribution in [0.25, 0.3) is 10.2 Å². The van der Waals surface area contributed by atoms with Crippen molar-refractivity contribution in [3.63, 3.8) is 0 Å². The SMILES string of the molecule is O=C(Nc1nc2ccc(NS(=O)(=O)c3ccccc3)cc2s1)c1ccco1. The Hall–Kier alpha value is -3.17. The van der Waals surface area contributed by atoms with Crippen molar-refractivity contribution in [2.45, 2.75) is 4.90 Å². The lowest BCUT2D eigenvalue weighted by Gasteiger charge is -2.07. The summed E-state index contributed by atoms with van der Waals surface area (Å²) < 4.78 is 33.2. The zero-order chi connectivity index (χ0) is 18.9. The quantitative estimate of drug-likeness (QED) is 0.529. The van der Waals surface area contributed by atoms with Gasteiger partial charge >= 0.3 is 0 Å². The van der Waals surface area contributed by atoms with E-state index in [-0.39, 0.29) is 10.7 Å². The third kappa shape index (κ3) is 3.69. The molecule has 0 aliphatic heterocycles. The number of benzene rings is 2. The van der Waals surface area contributed by atoms with Crippen LogP contribution < -0.4 is 10.0 Å². The van der Waals surface area contributed by atoms with E-state index >= 15 is 0 Å². The molecular formula is C18H13N3O4S2. The fraction of sp³-hybridized carbons (Fsp3) is 0. The number of hydrogen-bond donors (Lipinski definition) is 2. The van der Waals surface area contributed by atoms with Crippen LogP contribution in [0.3, 0.4) is 0 Å². The lowest BCUT2D eigenvalue weighted by Crippen LogP contribution is -2.12. The van der Waals surface area contributed by atoms with Crippen molar-refractivity contribution in [2.24, 2.45) is 0 Å². The third-order valence-corrected chi connectivity index (χ3v) is 5.99. The van der Waals surface area contributed by atoms with Gasteiger partial charge in [0.25, 0.3) is 15.9 Å². The average Bonchev–Trinajstić information content (AvgIpc) is 3.31. The van der Waals surface area contributed by atoms with E-state index in [9.17, 15) is 13.2 Å². The van der Waals surface area contributed by atoms with Gasteiger partial charge in [-0.3, -0.25) is 14.8 Å². The van der Waals surface area contributed by atoms with Crippen LogP contribution in [0.1, 0.15) is 10.6 Å². The molecule has 1 amide bonds. The van der Waals surface area contributed by atoms with Gasteiger partial charge in [0.1, 0.15) is 0 Å². The van der Waals surface area contributed by atoms with Gasteiger partial charge < -0.3 is 4.42 Å². The van der Waals surface area contributed by atoms with Gasteiger partial charge in [-0.15, -0.1) is 0 Å². The van der Waals surface area contributed by atoms with Crippen LogP contribution in [0, 0.1) is 0 Å². The second-order valence-corrected chi connectivity index (χ2v) is 8.26. The molecule has 9 heteroatoms. The lowest BCUT2D eigenvalue weighted by molar-refractivity contribution is 0.0996. The largest absolute Gasteiger partial charge is 0.459 e. The molecule has 0 aliphatic carbocycles. The first kappa shape index (κ1) is 17.3. The predicted molar refractivity (Wildman–Crippen MR) is 104 cm³/mol. The number of rotatable bonds is 5. The van der Waals surface area contributed by atoms with Gasteiger partial charge in [0.2, 0.25) is 0 Å². The molecule has 2 aromatic carbocycles. The van der Waals surface area contributed by atoms with Crippen LogP contribution in [-0.2, 0) is 10.0 Å². The Kier molecular flexibility index (Phi) is 4.38. The van der Waals surface area contributed by atoms with Gasteiger partial charge in [-0.1, -0.05) is 29.5 Å². The molecule has 4 rings (SSSR count). The van der Waals surface area contributed by atoms with E-state index in [0.717, 1.165) is 4.70 Å². The molecule has 0 atom stereocenters. The predicted octanol–water partition coefficient (Wildman–Crippen LogP) is 3.94. The highest BCUT2D eigenvalue weighted by atomic mass is 32.2. The highest BCUT2D eigenvalue weighted by molar-refractivity contribution is 7.92. The lowest BCUT2D eigenvalue weighted by atomic mass is 10.3. The monoisotopic (exact) mass is 399 g/mol. The molecule has 2 N–H and O–H groups in total. The van der Waals surface area contributed by atoms with Gasteiger partial charge in [-0.05, 0) is 42.5 Å². The molecule has 0 bridgehead atoms. The van der Waals surface area contributed by atoms with E-state index in [4.69, 9.17) is 4.42 Å². The number of carbonyl (C=O) groups is 1. The first-order valence-corrected chi connectivity index (χ1v) is 10.1. The summed E-state index contributed by atoms with van der Waals surface area (Å²) in [7, 11) is -3.67. The van der Waals surface area contributed by atoms with Crippen molar-refractivity contribution in [2.75, 3.05) is 10.0 Å². The van der Waals surface area contributed by atoms with E-state index in [1.165, 1.54) is 29.7 Å². The van der Waals surface area contributed by atoms with E-state index in [1.807, 2.05) is 0 Å². The highest BCUT2D eigenvalue weighted by Gasteiger charge is 2.15. The molecule has 4 aromatic rings. The summed E-state index contributed by atoms with van der Waals surface area (Å²) in [6, 6.07) is 16.3.